The standard InChI is InChI=1S/C24H27N3O3/c1-15-18(16-10-11-16)12-13-19-21(15)22(28)27(17-8-6-5-7-9-17)20(25-19)14-30-23(29)26-24(2,3)4/h5-9,12-13,16H,10-11,14H2,1-4H3,(H,26,29). The molecule has 0 atom stereocenters. The van der Waals surface area contributed by atoms with Crippen molar-refractivity contribution in [2.45, 2.75) is 58.6 Å². The lowest BCUT2D eigenvalue weighted by molar-refractivity contribution is 0.127. The average Bonchev–Trinajstić information content (AvgIpc) is 3.51. The van der Waals surface area contributed by atoms with Gasteiger partial charge in [-0.25, -0.2) is 9.78 Å². The second-order valence-electron chi connectivity index (χ2n) is 8.90. The largest absolute Gasteiger partial charge is 0.441 e. The quantitative estimate of drug-likeness (QED) is 0.689. The summed E-state index contributed by atoms with van der Waals surface area (Å²) in [5.74, 6) is 0.935. The van der Waals surface area contributed by atoms with Crippen LogP contribution in [-0.2, 0) is 11.3 Å². The number of para-hydroxylation sites is 1. The van der Waals surface area contributed by atoms with Crippen LogP contribution in [0.2, 0.25) is 0 Å². The monoisotopic (exact) mass is 405 g/mol. The second kappa shape index (κ2) is 7.59. The highest BCUT2D eigenvalue weighted by molar-refractivity contribution is 5.83. The van der Waals surface area contributed by atoms with Gasteiger partial charge in [-0.2, -0.15) is 0 Å². The Bertz CT molecular complexity index is 1160. The minimum absolute atomic E-state index is 0.106. The maximum Gasteiger partial charge on any atom is 0.407 e. The summed E-state index contributed by atoms with van der Waals surface area (Å²) in [5, 5.41) is 3.39. The maximum atomic E-state index is 13.6. The number of aryl methyl sites for hydroxylation is 1. The Morgan fingerprint density at radius 1 is 1.17 bits per heavy atom. The molecule has 0 bridgehead atoms. The fourth-order valence-corrected chi connectivity index (χ4v) is 3.74. The molecule has 3 aromatic rings. The molecule has 0 spiro atoms. The summed E-state index contributed by atoms with van der Waals surface area (Å²) >= 11 is 0. The molecule has 2 aromatic carbocycles. The molecule has 1 fully saturated rings. The van der Waals surface area contributed by atoms with Crippen molar-refractivity contribution in [3.8, 4) is 5.69 Å². The van der Waals surface area contributed by atoms with Crippen LogP contribution in [0.25, 0.3) is 16.6 Å². The fraction of sp³-hybridized carbons (Fsp3) is 0.375. The van der Waals surface area contributed by atoms with Crippen molar-refractivity contribution in [3.63, 3.8) is 0 Å². The molecule has 1 saturated carbocycles. The van der Waals surface area contributed by atoms with Gasteiger partial charge in [0.1, 0.15) is 0 Å². The highest BCUT2D eigenvalue weighted by Gasteiger charge is 2.27. The summed E-state index contributed by atoms with van der Waals surface area (Å²) in [6, 6.07) is 13.3. The number of alkyl carbamates (subject to hydrolysis) is 1. The molecule has 30 heavy (non-hydrogen) atoms. The van der Waals surface area contributed by atoms with Crippen molar-refractivity contribution in [1.82, 2.24) is 14.9 Å². The summed E-state index contributed by atoms with van der Waals surface area (Å²) < 4.78 is 6.95. The third kappa shape index (κ3) is 4.08. The van der Waals surface area contributed by atoms with E-state index < -0.39 is 11.6 Å². The number of nitrogens with one attached hydrogen (secondary N) is 1. The van der Waals surface area contributed by atoms with E-state index in [2.05, 4.69) is 11.4 Å². The third-order valence-corrected chi connectivity index (χ3v) is 5.25. The number of hydrogen-bond acceptors (Lipinski definition) is 4. The fourth-order valence-electron chi connectivity index (χ4n) is 3.74. The number of amides is 1. The predicted octanol–water partition coefficient (Wildman–Crippen LogP) is 4.60. The topological polar surface area (TPSA) is 73.2 Å². The lowest BCUT2D eigenvalue weighted by Gasteiger charge is -2.20. The van der Waals surface area contributed by atoms with Crippen LogP contribution in [0.3, 0.4) is 0 Å². The number of fused-ring (bicyclic) bond motifs is 1. The van der Waals surface area contributed by atoms with Crippen LogP contribution in [-0.4, -0.2) is 21.2 Å². The molecule has 4 rings (SSSR count). The summed E-state index contributed by atoms with van der Waals surface area (Å²) in [4.78, 5) is 30.5. The second-order valence-corrected chi connectivity index (χ2v) is 8.90. The Morgan fingerprint density at radius 3 is 2.50 bits per heavy atom. The molecule has 1 aliphatic rings. The van der Waals surface area contributed by atoms with Gasteiger partial charge in [-0.3, -0.25) is 9.36 Å². The molecular weight excluding hydrogens is 378 g/mol. The Hall–Kier alpha value is -3.15. The lowest BCUT2D eigenvalue weighted by Crippen LogP contribution is -2.41. The van der Waals surface area contributed by atoms with E-state index in [4.69, 9.17) is 9.72 Å². The molecule has 0 unspecified atom stereocenters. The van der Waals surface area contributed by atoms with E-state index in [-0.39, 0.29) is 12.2 Å². The molecule has 1 amide bonds. The number of benzene rings is 2. The Labute approximate surface area is 175 Å². The number of rotatable bonds is 4. The van der Waals surface area contributed by atoms with E-state index >= 15 is 0 Å². The molecule has 0 aliphatic heterocycles. The van der Waals surface area contributed by atoms with Crippen LogP contribution in [0, 0.1) is 6.92 Å². The van der Waals surface area contributed by atoms with Crippen molar-refractivity contribution >= 4 is 17.0 Å². The van der Waals surface area contributed by atoms with Gasteiger partial charge in [0, 0.05) is 5.54 Å². The third-order valence-electron chi connectivity index (χ3n) is 5.25. The van der Waals surface area contributed by atoms with Crippen molar-refractivity contribution in [3.05, 3.63) is 69.8 Å². The predicted molar refractivity (Wildman–Crippen MR) is 117 cm³/mol. The zero-order valence-electron chi connectivity index (χ0n) is 17.9. The first-order valence-corrected chi connectivity index (χ1v) is 10.3. The number of ether oxygens (including phenoxy) is 1. The summed E-state index contributed by atoms with van der Waals surface area (Å²) in [6.45, 7) is 7.53. The van der Waals surface area contributed by atoms with Gasteiger partial charge in [-0.1, -0.05) is 24.3 Å². The normalized spacial score (nSPS) is 14.0. The summed E-state index contributed by atoms with van der Waals surface area (Å²) in [7, 11) is 0. The lowest BCUT2D eigenvalue weighted by atomic mass is 10.0. The van der Waals surface area contributed by atoms with Crippen molar-refractivity contribution in [2.24, 2.45) is 0 Å². The van der Waals surface area contributed by atoms with Crippen LogP contribution in [0.4, 0.5) is 4.79 Å². The van der Waals surface area contributed by atoms with E-state index in [1.54, 1.807) is 4.57 Å². The summed E-state index contributed by atoms with van der Waals surface area (Å²) in [6.07, 6.45) is 1.79. The molecule has 1 aromatic heterocycles. The van der Waals surface area contributed by atoms with E-state index in [9.17, 15) is 9.59 Å². The van der Waals surface area contributed by atoms with Crippen molar-refractivity contribution in [2.75, 3.05) is 0 Å². The van der Waals surface area contributed by atoms with Crippen LogP contribution in [0.1, 0.15) is 56.5 Å². The van der Waals surface area contributed by atoms with Gasteiger partial charge in [0.05, 0.1) is 16.6 Å². The van der Waals surface area contributed by atoms with Gasteiger partial charge in [-0.15, -0.1) is 0 Å². The van der Waals surface area contributed by atoms with Crippen LogP contribution in [0.5, 0.6) is 0 Å². The SMILES string of the molecule is Cc1c(C2CC2)ccc2nc(COC(=O)NC(C)(C)C)n(-c3ccccc3)c(=O)c12. The number of hydrogen-bond donors (Lipinski definition) is 1. The van der Waals surface area contributed by atoms with E-state index in [1.807, 2.05) is 64.1 Å². The maximum absolute atomic E-state index is 13.6. The molecule has 6 nitrogen and oxygen atoms in total. The first-order chi connectivity index (χ1) is 14.2. The van der Waals surface area contributed by atoms with Gasteiger partial charge in [0.2, 0.25) is 0 Å². The summed E-state index contributed by atoms with van der Waals surface area (Å²) in [5.41, 5.74) is 3.00. The van der Waals surface area contributed by atoms with Crippen LogP contribution < -0.4 is 10.9 Å². The van der Waals surface area contributed by atoms with Crippen molar-refractivity contribution in [1.29, 1.82) is 0 Å². The highest BCUT2D eigenvalue weighted by Crippen LogP contribution is 2.42. The number of nitrogens with zero attached hydrogens (tertiary/aromatic N) is 2. The zero-order valence-corrected chi connectivity index (χ0v) is 17.9. The van der Waals surface area contributed by atoms with Gasteiger partial charge in [0.25, 0.3) is 5.56 Å². The van der Waals surface area contributed by atoms with Gasteiger partial charge < -0.3 is 10.1 Å². The average molecular weight is 405 g/mol. The first-order valence-electron chi connectivity index (χ1n) is 10.3. The minimum Gasteiger partial charge on any atom is -0.441 e. The smallest absolute Gasteiger partial charge is 0.407 e. The molecule has 1 N–H and O–H groups in total. The van der Waals surface area contributed by atoms with Gasteiger partial charge >= 0.3 is 6.09 Å². The van der Waals surface area contributed by atoms with E-state index in [1.165, 1.54) is 18.4 Å². The molecule has 1 heterocycles. The van der Waals surface area contributed by atoms with Crippen LogP contribution >= 0.6 is 0 Å². The Balaban J connectivity index is 1.81. The van der Waals surface area contributed by atoms with Crippen molar-refractivity contribution < 1.29 is 9.53 Å². The number of carbonyl (C=O) groups excluding carboxylic acids is 1. The first kappa shape index (κ1) is 20.1. The Kier molecular flexibility index (Phi) is 5.10. The number of carbonyl (C=O) groups is 1. The molecule has 156 valence electrons. The molecule has 6 heteroatoms. The van der Waals surface area contributed by atoms with Gasteiger partial charge in [0.15, 0.2) is 12.4 Å². The molecule has 0 saturated heterocycles. The van der Waals surface area contributed by atoms with E-state index in [0.717, 1.165) is 5.56 Å². The Morgan fingerprint density at radius 2 is 1.87 bits per heavy atom. The zero-order chi connectivity index (χ0) is 21.5. The molecule has 0 radical (unpaired) electrons. The minimum atomic E-state index is -0.545. The van der Waals surface area contributed by atoms with E-state index in [0.29, 0.717) is 28.3 Å². The number of aromatic nitrogens is 2. The van der Waals surface area contributed by atoms with Gasteiger partial charge in [-0.05, 0) is 75.8 Å². The highest BCUT2D eigenvalue weighted by atomic mass is 16.5. The molecule has 1 aliphatic carbocycles. The van der Waals surface area contributed by atoms with Crippen LogP contribution in [0.15, 0.2) is 47.3 Å². The molecular formula is C24H27N3O3.